The number of phenols is 1. The smallest absolute Gasteiger partial charge is 0.277 e. The molecule has 0 bridgehead atoms. The molecule has 0 spiro atoms. The summed E-state index contributed by atoms with van der Waals surface area (Å²) in [4.78, 5) is 12.2. The van der Waals surface area contributed by atoms with E-state index in [-0.39, 0.29) is 22.6 Å². The highest BCUT2D eigenvalue weighted by atomic mass is 19.1. The lowest BCUT2D eigenvalue weighted by atomic mass is 10.1. The molecule has 1 unspecified atom stereocenters. The van der Waals surface area contributed by atoms with Crippen LogP contribution in [0.3, 0.4) is 0 Å². The summed E-state index contributed by atoms with van der Waals surface area (Å²) in [5.41, 5.74) is -0.540. The third-order valence-corrected chi connectivity index (χ3v) is 3.35. The van der Waals surface area contributed by atoms with Crippen LogP contribution in [-0.2, 0) is 11.3 Å². The molecule has 0 radical (unpaired) electrons. The minimum absolute atomic E-state index is 0.0528. The van der Waals surface area contributed by atoms with Gasteiger partial charge in [0.15, 0.2) is 0 Å². The predicted octanol–water partition coefficient (Wildman–Crippen LogP) is 1.42. The average Bonchev–Trinajstić information content (AvgIpc) is 2.89. The first-order valence-corrected chi connectivity index (χ1v) is 6.15. The second kappa shape index (κ2) is 4.62. The van der Waals surface area contributed by atoms with Gasteiger partial charge in [-0.2, -0.15) is 5.10 Å². The number of halogens is 1. The summed E-state index contributed by atoms with van der Waals surface area (Å²) < 4.78 is 20.4. The number of hydrogen-bond acceptors (Lipinski definition) is 4. The van der Waals surface area contributed by atoms with E-state index in [2.05, 4.69) is 5.10 Å². The van der Waals surface area contributed by atoms with Gasteiger partial charge >= 0.3 is 0 Å². The standard InChI is InChI=1S/C13H13FN2O3/c14-10-3-4-11(17)9-6-15-16(13(18)12(9)10)7-8-2-1-5-19-8/h3-4,6,8,17H,1-2,5,7H2. The van der Waals surface area contributed by atoms with Crippen molar-refractivity contribution in [2.45, 2.75) is 25.5 Å². The van der Waals surface area contributed by atoms with Crippen molar-refractivity contribution < 1.29 is 14.2 Å². The Hall–Kier alpha value is -1.95. The molecular weight excluding hydrogens is 251 g/mol. The molecule has 1 aliphatic heterocycles. The lowest BCUT2D eigenvalue weighted by molar-refractivity contribution is 0.0928. The molecule has 1 aliphatic rings. The fraction of sp³-hybridized carbons (Fsp3) is 0.385. The fourth-order valence-corrected chi connectivity index (χ4v) is 2.35. The first kappa shape index (κ1) is 12.1. The van der Waals surface area contributed by atoms with Gasteiger partial charge < -0.3 is 9.84 Å². The highest BCUT2D eigenvalue weighted by Gasteiger charge is 2.19. The Kier molecular flexibility index (Phi) is 2.94. The van der Waals surface area contributed by atoms with Gasteiger partial charge in [-0.15, -0.1) is 0 Å². The van der Waals surface area contributed by atoms with E-state index in [4.69, 9.17) is 4.74 Å². The van der Waals surface area contributed by atoms with Crippen molar-refractivity contribution in [2.75, 3.05) is 6.61 Å². The zero-order valence-electron chi connectivity index (χ0n) is 10.2. The molecule has 2 heterocycles. The monoisotopic (exact) mass is 264 g/mol. The van der Waals surface area contributed by atoms with Crippen molar-refractivity contribution in [3.05, 3.63) is 34.5 Å². The first-order chi connectivity index (χ1) is 9.16. The van der Waals surface area contributed by atoms with Crippen LogP contribution in [0.1, 0.15) is 12.8 Å². The molecule has 1 saturated heterocycles. The number of nitrogens with zero attached hydrogens (tertiary/aromatic N) is 2. The third kappa shape index (κ3) is 2.08. The van der Waals surface area contributed by atoms with Gasteiger partial charge in [0.2, 0.25) is 0 Å². The molecule has 100 valence electrons. The van der Waals surface area contributed by atoms with Crippen molar-refractivity contribution >= 4 is 10.8 Å². The summed E-state index contributed by atoms with van der Waals surface area (Å²) in [6.45, 7) is 0.992. The summed E-state index contributed by atoms with van der Waals surface area (Å²) >= 11 is 0. The fourth-order valence-electron chi connectivity index (χ4n) is 2.35. The highest BCUT2D eigenvalue weighted by molar-refractivity contribution is 5.86. The molecule has 0 aliphatic carbocycles. The maximum Gasteiger partial charge on any atom is 0.277 e. The number of hydrogen-bond donors (Lipinski definition) is 1. The Labute approximate surface area is 108 Å². The van der Waals surface area contributed by atoms with Crippen molar-refractivity contribution in [3.8, 4) is 5.75 Å². The molecule has 0 amide bonds. The largest absolute Gasteiger partial charge is 0.507 e. The minimum Gasteiger partial charge on any atom is -0.507 e. The van der Waals surface area contributed by atoms with Crippen LogP contribution < -0.4 is 5.56 Å². The van der Waals surface area contributed by atoms with E-state index in [0.29, 0.717) is 13.2 Å². The Morgan fingerprint density at radius 3 is 3.11 bits per heavy atom. The molecule has 1 N–H and O–H groups in total. The summed E-state index contributed by atoms with van der Waals surface area (Å²) in [5, 5.41) is 13.6. The lowest BCUT2D eigenvalue weighted by Gasteiger charge is -2.11. The van der Waals surface area contributed by atoms with Gasteiger partial charge in [-0.05, 0) is 25.0 Å². The Bertz CT molecular complexity index is 677. The molecule has 1 atom stereocenters. The zero-order valence-corrected chi connectivity index (χ0v) is 10.2. The van der Waals surface area contributed by atoms with Crippen molar-refractivity contribution in [3.63, 3.8) is 0 Å². The Morgan fingerprint density at radius 2 is 2.37 bits per heavy atom. The van der Waals surface area contributed by atoms with Crippen LogP contribution in [0.15, 0.2) is 23.1 Å². The SMILES string of the molecule is O=c1c2c(F)ccc(O)c2cnn1CC1CCCO1. The van der Waals surface area contributed by atoms with Gasteiger partial charge in [-0.1, -0.05) is 0 Å². The quantitative estimate of drug-likeness (QED) is 0.891. The van der Waals surface area contributed by atoms with Crippen LogP contribution in [0.5, 0.6) is 5.75 Å². The van der Waals surface area contributed by atoms with E-state index in [1.807, 2.05) is 0 Å². The van der Waals surface area contributed by atoms with E-state index < -0.39 is 11.4 Å². The molecular formula is C13H13FN2O3. The molecule has 6 heteroatoms. The number of aromatic nitrogens is 2. The second-order valence-electron chi connectivity index (χ2n) is 4.62. The number of phenolic OH excluding ortho intramolecular Hbond substituents is 1. The van der Waals surface area contributed by atoms with E-state index >= 15 is 0 Å². The van der Waals surface area contributed by atoms with Gasteiger partial charge in [0.25, 0.3) is 5.56 Å². The van der Waals surface area contributed by atoms with Crippen LogP contribution in [0.4, 0.5) is 4.39 Å². The second-order valence-corrected chi connectivity index (χ2v) is 4.62. The molecule has 1 fully saturated rings. The van der Waals surface area contributed by atoms with Crippen LogP contribution in [0, 0.1) is 5.82 Å². The van der Waals surface area contributed by atoms with Crippen molar-refractivity contribution in [1.82, 2.24) is 9.78 Å². The molecule has 2 aromatic rings. The van der Waals surface area contributed by atoms with Crippen LogP contribution in [0.2, 0.25) is 0 Å². The summed E-state index contributed by atoms with van der Waals surface area (Å²) in [6, 6.07) is 2.29. The number of ether oxygens (including phenoxy) is 1. The minimum atomic E-state index is -0.652. The van der Waals surface area contributed by atoms with Crippen LogP contribution >= 0.6 is 0 Å². The Morgan fingerprint density at radius 1 is 1.53 bits per heavy atom. The molecule has 1 aromatic heterocycles. The van der Waals surface area contributed by atoms with Crippen molar-refractivity contribution in [2.24, 2.45) is 0 Å². The number of benzene rings is 1. The van der Waals surface area contributed by atoms with E-state index in [9.17, 15) is 14.3 Å². The molecule has 1 aromatic carbocycles. The molecule has 5 nitrogen and oxygen atoms in total. The number of rotatable bonds is 2. The normalized spacial score (nSPS) is 19.1. The maximum atomic E-state index is 13.7. The lowest BCUT2D eigenvalue weighted by Crippen LogP contribution is -2.28. The topological polar surface area (TPSA) is 64.3 Å². The van der Waals surface area contributed by atoms with Gasteiger partial charge in [0.1, 0.15) is 11.6 Å². The zero-order chi connectivity index (χ0) is 13.4. The average molecular weight is 264 g/mol. The van der Waals surface area contributed by atoms with E-state index in [0.717, 1.165) is 18.9 Å². The van der Waals surface area contributed by atoms with E-state index in [1.165, 1.54) is 16.9 Å². The van der Waals surface area contributed by atoms with Gasteiger partial charge in [0, 0.05) is 6.61 Å². The van der Waals surface area contributed by atoms with Crippen LogP contribution in [0.25, 0.3) is 10.8 Å². The van der Waals surface area contributed by atoms with Crippen molar-refractivity contribution in [1.29, 1.82) is 0 Å². The van der Waals surface area contributed by atoms with Gasteiger partial charge in [0.05, 0.1) is 29.6 Å². The summed E-state index contributed by atoms with van der Waals surface area (Å²) in [6.07, 6.45) is 3.09. The van der Waals surface area contributed by atoms with E-state index in [1.54, 1.807) is 0 Å². The maximum absolute atomic E-state index is 13.7. The number of aromatic hydroxyl groups is 1. The van der Waals surface area contributed by atoms with Crippen LogP contribution in [-0.4, -0.2) is 27.6 Å². The molecule has 0 saturated carbocycles. The third-order valence-electron chi connectivity index (χ3n) is 3.35. The molecule has 19 heavy (non-hydrogen) atoms. The highest BCUT2D eigenvalue weighted by Crippen LogP contribution is 2.23. The Balaban J connectivity index is 2.10. The summed E-state index contributed by atoms with van der Waals surface area (Å²) in [7, 11) is 0. The predicted molar refractivity (Wildman–Crippen MR) is 66.6 cm³/mol. The first-order valence-electron chi connectivity index (χ1n) is 6.15. The van der Waals surface area contributed by atoms with Gasteiger partial charge in [-0.3, -0.25) is 4.79 Å². The number of fused-ring (bicyclic) bond motifs is 1. The molecule has 3 rings (SSSR count). The summed E-state index contributed by atoms with van der Waals surface area (Å²) in [5.74, 6) is -0.799. The van der Waals surface area contributed by atoms with Gasteiger partial charge in [-0.25, -0.2) is 9.07 Å².